The van der Waals surface area contributed by atoms with Crippen LogP contribution in [0.2, 0.25) is 0 Å². The maximum Gasteiger partial charge on any atom is 0.287 e. The van der Waals surface area contributed by atoms with Gasteiger partial charge in [0.05, 0.1) is 12.1 Å². The molecule has 5 aromatic rings. The topological polar surface area (TPSA) is 192 Å². The van der Waals surface area contributed by atoms with Crippen molar-refractivity contribution < 1.29 is 28.3 Å². The first-order chi connectivity index (χ1) is 22.2. The molecule has 5 N–H and O–H groups in total. The summed E-state index contributed by atoms with van der Waals surface area (Å²) in [5, 5.41) is 32.6. The summed E-state index contributed by atoms with van der Waals surface area (Å²) in [5.74, 6) is -3.63. The van der Waals surface area contributed by atoms with Crippen LogP contribution in [0.15, 0.2) is 100 Å². The number of amides is 3. The van der Waals surface area contributed by atoms with Crippen LogP contribution in [0.5, 0.6) is 0 Å². The third kappa shape index (κ3) is 7.92. The number of rotatable bonds is 11. The Kier molecular flexibility index (Phi) is 9.68. The minimum Gasteiger partial charge on any atom is -0.445 e. The summed E-state index contributed by atoms with van der Waals surface area (Å²) in [6.07, 6.45) is -1.73. The molecule has 0 radical (unpaired) electrons. The summed E-state index contributed by atoms with van der Waals surface area (Å²) in [5.41, 5.74) is 1.50. The van der Waals surface area contributed by atoms with Crippen LogP contribution in [-0.4, -0.2) is 55.6 Å². The number of aliphatic hydroxyl groups is 1. The summed E-state index contributed by atoms with van der Waals surface area (Å²) in [7, 11) is 0. The highest BCUT2D eigenvalue weighted by Crippen LogP contribution is 2.19. The number of H-pyrrole nitrogens is 1. The third-order valence-electron chi connectivity index (χ3n) is 6.93. The number of anilines is 1. The normalized spacial score (nSPS) is 12.8. The predicted octanol–water partition coefficient (Wildman–Crippen LogP) is 2.79. The number of benzene rings is 3. The van der Waals surface area contributed by atoms with Gasteiger partial charge >= 0.3 is 0 Å². The molecule has 0 saturated heterocycles. The number of nitrogens with one attached hydrogen (secondary N) is 4. The zero-order valence-corrected chi connectivity index (χ0v) is 24.3. The van der Waals surface area contributed by atoms with Crippen molar-refractivity contribution in [2.24, 2.45) is 0 Å². The molecule has 5 rings (SSSR count). The van der Waals surface area contributed by atoms with Crippen LogP contribution in [-0.2, 0) is 11.2 Å². The molecule has 0 saturated carbocycles. The van der Waals surface area contributed by atoms with Crippen molar-refractivity contribution in [3.05, 3.63) is 130 Å². The lowest BCUT2D eigenvalue weighted by Gasteiger charge is -2.24. The minimum absolute atomic E-state index is 0.0314. The Morgan fingerprint density at radius 2 is 1.61 bits per heavy atom. The Morgan fingerprint density at radius 3 is 2.28 bits per heavy atom. The molecule has 0 aliphatic carbocycles. The predicted molar refractivity (Wildman–Crippen MR) is 163 cm³/mol. The lowest BCUT2D eigenvalue weighted by molar-refractivity contribution is -0.125. The van der Waals surface area contributed by atoms with Crippen molar-refractivity contribution in [1.29, 1.82) is 0 Å². The van der Waals surface area contributed by atoms with Crippen molar-refractivity contribution >= 4 is 23.4 Å². The van der Waals surface area contributed by atoms with E-state index in [2.05, 4.69) is 36.6 Å². The van der Waals surface area contributed by atoms with Crippen molar-refractivity contribution in [3.63, 3.8) is 0 Å². The molecule has 0 aliphatic heterocycles. The summed E-state index contributed by atoms with van der Waals surface area (Å²) < 4.78 is 18.8. The van der Waals surface area contributed by atoms with E-state index >= 15 is 0 Å². The standard InChI is InChI=1S/C32H28FN7O6/c1-18(20-10-12-22(33)13-11-20)34-30(43)26-16-24(41)17-27(46-26)31(44)36-25(14-19-6-3-2-4-7-19)28(42)32(45)35-23-9-5-8-21(15-23)29-37-39-40-38-29/h2-13,15-18,25,28,42H,14H2,1H3,(H,34,43)(H,35,45)(H,36,44)(H,37,38,39,40)/t18-,25+,28+/m1/s1. The number of carbonyl (C=O) groups excluding carboxylic acids is 3. The van der Waals surface area contributed by atoms with Crippen LogP contribution in [0.1, 0.15) is 45.2 Å². The average molecular weight is 626 g/mol. The van der Waals surface area contributed by atoms with Gasteiger partial charge in [0, 0.05) is 23.4 Å². The lowest BCUT2D eigenvalue weighted by Crippen LogP contribution is -2.50. The van der Waals surface area contributed by atoms with Gasteiger partial charge in [-0.3, -0.25) is 19.2 Å². The third-order valence-corrected chi connectivity index (χ3v) is 6.93. The molecule has 3 atom stereocenters. The fourth-order valence-electron chi connectivity index (χ4n) is 4.57. The SMILES string of the molecule is C[C@@H](NC(=O)c1cc(=O)cc(C(=O)N[C@@H](Cc2ccccc2)[C@H](O)C(=O)Nc2cccc(-c3nn[nH]n3)c2)o1)c1ccc(F)cc1. The van der Waals surface area contributed by atoms with Gasteiger partial charge < -0.3 is 25.5 Å². The average Bonchev–Trinajstić information content (AvgIpc) is 3.60. The molecule has 3 aromatic carbocycles. The largest absolute Gasteiger partial charge is 0.445 e. The molecular weight excluding hydrogens is 597 g/mol. The number of aliphatic hydroxyl groups excluding tert-OH is 1. The first-order valence-electron chi connectivity index (χ1n) is 14.1. The molecule has 0 spiro atoms. The van der Waals surface area contributed by atoms with Crippen LogP contribution in [0.4, 0.5) is 10.1 Å². The molecule has 2 heterocycles. The molecule has 0 fully saturated rings. The number of halogens is 1. The Labute approximate surface area is 260 Å². The highest BCUT2D eigenvalue weighted by atomic mass is 19.1. The highest BCUT2D eigenvalue weighted by Gasteiger charge is 2.30. The molecular formula is C32H28FN7O6. The van der Waals surface area contributed by atoms with E-state index in [-0.39, 0.29) is 6.42 Å². The second-order valence-corrected chi connectivity index (χ2v) is 10.3. The number of aromatic nitrogens is 4. The molecule has 2 aromatic heterocycles. The van der Waals surface area contributed by atoms with E-state index in [4.69, 9.17) is 4.42 Å². The van der Waals surface area contributed by atoms with Crippen LogP contribution in [0.3, 0.4) is 0 Å². The van der Waals surface area contributed by atoms with Crippen molar-refractivity contribution in [3.8, 4) is 11.4 Å². The first kappa shape index (κ1) is 31.4. The van der Waals surface area contributed by atoms with E-state index in [1.165, 1.54) is 24.3 Å². The van der Waals surface area contributed by atoms with Crippen LogP contribution in [0, 0.1) is 5.82 Å². The number of hydrogen-bond acceptors (Lipinski definition) is 9. The first-order valence-corrected chi connectivity index (χ1v) is 14.1. The molecule has 13 nitrogen and oxygen atoms in total. The van der Waals surface area contributed by atoms with Gasteiger partial charge in [-0.15, -0.1) is 10.2 Å². The zero-order valence-electron chi connectivity index (χ0n) is 24.3. The number of hydrogen-bond donors (Lipinski definition) is 5. The maximum atomic E-state index is 13.3. The Balaban J connectivity index is 1.33. The molecule has 0 unspecified atom stereocenters. The summed E-state index contributed by atoms with van der Waals surface area (Å²) in [6.45, 7) is 1.65. The van der Waals surface area contributed by atoms with Crippen LogP contribution >= 0.6 is 0 Å². The molecule has 14 heteroatoms. The maximum absolute atomic E-state index is 13.3. The van der Waals surface area contributed by atoms with Gasteiger partial charge in [-0.2, -0.15) is 5.21 Å². The van der Waals surface area contributed by atoms with Gasteiger partial charge in [0.2, 0.25) is 5.82 Å². The Hall–Kier alpha value is -6.02. The van der Waals surface area contributed by atoms with Gasteiger partial charge in [0.25, 0.3) is 17.7 Å². The lowest BCUT2D eigenvalue weighted by atomic mass is 10.00. The van der Waals surface area contributed by atoms with Crippen molar-refractivity contribution in [2.45, 2.75) is 31.5 Å². The van der Waals surface area contributed by atoms with E-state index in [9.17, 15) is 28.7 Å². The molecule has 3 amide bonds. The zero-order chi connectivity index (χ0) is 32.6. The van der Waals surface area contributed by atoms with Gasteiger partial charge in [-0.25, -0.2) is 4.39 Å². The fraction of sp³-hybridized carbons (Fsp3) is 0.156. The quantitative estimate of drug-likeness (QED) is 0.147. The number of tetrazole rings is 1. The van der Waals surface area contributed by atoms with Gasteiger partial charge in [0.1, 0.15) is 5.82 Å². The summed E-state index contributed by atoms with van der Waals surface area (Å²) in [4.78, 5) is 51.9. The molecule has 46 heavy (non-hydrogen) atoms. The number of carbonyl (C=O) groups is 3. The molecule has 0 bridgehead atoms. The van der Waals surface area contributed by atoms with E-state index in [0.717, 1.165) is 12.1 Å². The molecule has 0 aliphatic rings. The Bertz CT molecular complexity index is 1880. The van der Waals surface area contributed by atoms with Crippen molar-refractivity contribution in [2.75, 3.05) is 5.32 Å². The molecule has 234 valence electrons. The van der Waals surface area contributed by atoms with Crippen LogP contribution < -0.4 is 21.4 Å². The van der Waals surface area contributed by atoms with Gasteiger partial charge in [-0.05, 0) is 54.0 Å². The smallest absolute Gasteiger partial charge is 0.287 e. The summed E-state index contributed by atoms with van der Waals surface area (Å²) in [6, 6.07) is 20.9. The number of nitrogens with zero attached hydrogens (tertiary/aromatic N) is 3. The highest BCUT2D eigenvalue weighted by molar-refractivity contribution is 5.97. The van der Waals surface area contributed by atoms with Gasteiger partial charge in [-0.1, -0.05) is 54.6 Å². The fourth-order valence-corrected chi connectivity index (χ4v) is 4.57. The van der Waals surface area contributed by atoms with E-state index in [1.54, 1.807) is 61.5 Å². The van der Waals surface area contributed by atoms with Gasteiger partial charge in [0.15, 0.2) is 23.1 Å². The Morgan fingerprint density at radius 1 is 0.913 bits per heavy atom. The van der Waals surface area contributed by atoms with E-state index in [1.807, 2.05) is 0 Å². The monoisotopic (exact) mass is 625 g/mol. The summed E-state index contributed by atoms with van der Waals surface area (Å²) >= 11 is 0. The van der Waals surface area contributed by atoms with Crippen LogP contribution in [0.25, 0.3) is 11.4 Å². The van der Waals surface area contributed by atoms with Crippen molar-refractivity contribution in [1.82, 2.24) is 31.3 Å². The number of aromatic amines is 1. The second-order valence-electron chi connectivity index (χ2n) is 10.3. The van der Waals surface area contributed by atoms with E-state index in [0.29, 0.717) is 28.2 Å². The van der Waals surface area contributed by atoms with E-state index < -0.39 is 58.7 Å². The second kappa shape index (κ2) is 14.2. The minimum atomic E-state index is -1.76.